The van der Waals surface area contributed by atoms with Crippen molar-refractivity contribution in [2.75, 3.05) is 11.9 Å². The van der Waals surface area contributed by atoms with Crippen LogP contribution in [0.4, 0.5) is 5.69 Å². The zero-order valence-corrected chi connectivity index (χ0v) is 14.9. The monoisotopic (exact) mass is 436 g/mol. The van der Waals surface area contributed by atoms with Crippen LogP contribution < -0.4 is 5.32 Å². The van der Waals surface area contributed by atoms with Gasteiger partial charge in [-0.2, -0.15) is 0 Å². The molecule has 0 spiro atoms. The summed E-state index contributed by atoms with van der Waals surface area (Å²) in [7, 11) is 0. The van der Waals surface area contributed by atoms with Gasteiger partial charge < -0.3 is 10.1 Å². The number of halogens is 1. The average molecular weight is 436 g/mol. The number of benzene rings is 1. The molecule has 3 aromatic rings. The molecule has 0 bridgehead atoms. The molecule has 0 saturated heterocycles. The second-order valence-electron chi connectivity index (χ2n) is 5.03. The summed E-state index contributed by atoms with van der Waals surface area (Å²) in [6.45, 7) is 1.42. The minimum Gasteiger partial charge on any atom is -0.452 e. The number of fused-ring (bicyclic) bond motifs is 1. The third kappa shape index (κ3) is 3.70. The fourth-order valence-corrected chi connectivity index (χ4v) is 2.65. The molecular formula is C16H13IN4O3. The van der Waals surface area contributed by atoms with E-state index in [-0.39, 0.29) is 6.61 Å². The Balaban J connectivity index is 1.61. The highest BCUT2D eigenvalue weighted by Gasteiger charge is 2.12. The Labute approximate surface area is 151 Å². The van der Waals surface area contributed by atoms with E-state index in [1.54, 1.807) is 35.7 Å². The van der Waals surface area contributed by atoms with E-state index in [2.05, 4.69) is 38.1 Å². The van der Waals surface area contributed by atoms with Crippen molar-refractivity contribution in [3.8, 4) is 0 Å². The van der Waals surface area contributed by atoms with Crippen LogP contribution in [-0.4, -0.2) is 33.1 Å². The maximum absolute atomic E-state index is 12.1. The molecule has 0 atom stereocenters. The number of hydrogen-bond acceptors (Lipinski definition) is 5. The molecule has 2 aromatic heterocycles. The largest absolute Gasteiger partial charge is 0.452 e. The fourth-order valence-electron chi connectivity index (χ4n) is 2.10. The van der Waals surface area contributed by atoms with Crippen molar-refractivity contribution in [1.82, 2.24) is 14.6 Å². The van der Waals surface area contributed by atoms with Gasteiger partial charge in [-0.3, -0.25) is 9.20 Å². The normalized spacial score (nSPS) is 10.6. The summed E-state index contributed by atoms with van der Waals surface area (Å²) in [6.07, 6.45) is 1.59. The smallest absolute Gasteiger partial charge is 0.340 e. The summed E-state index contributed by atoms with van der Waals surface area (Å²) < 4.78 is 7.73. The molecule has 0 radical (unpaired) electrons. The predicted molar refractivity (Wildman–Crippen MR) is 95.8 cm³/mol. The number of nitrogens with one attached hydrogen (secondary N) is 1. The quantitative estimate of drug-likeness (QED) is 0.502. The predicted octanol–water partition coefficient (Wildman–Crippen LogP) is 2.44. The third-order valence-corrected chi connectivity index (χ3v) is 3.92. The molecule has 0 fully saturated rings. The Kier molecular flexibility index (Phi) is 4.74. The molecule has 122 valence electrons. The van der Waals surface area contributed by atoms with Crippen LogP contribution in [0.1, 0.15) is 16.2 Å². The third-order valence-electron chi connectivity index (χ3n) is 3.25. The topological polar surface area (TPSA) is 85.6 Å². The lowest BCUT2D eigenvalue weighted by Crippen LogP contribution is -2.21. The SMILES string of the molecule is Cc1nnc2ccc(C(=O)OCC(=O)Nc3cccc(I)c3)cn12. The number of carbonyl (C=O) groups excluding carboxylic acids is 2. The zero-order chi connectivity index (χ0) is 17.1. The van der Waals surface area contributed by atoms with Crippen molar-refractivity contribution in [2.45, 2.75) is 6.92 Å². The Morgan fingerprint density at radius 3 is 2.88 bits per heavy atom. The second kappa shape index (κ2) is 6.95. The summed E-state index contributed by atoms with van der Waals surface area (Å²) in [6, 6.07) is 10.6. The van der Waals surface area contributed by atoms with E-state index < -0.39 is 11.9 Å². The minimum absolute atomic E-state index is 0.326. The first-order valence-electron chi connectivity index (χ1n) is 7.07. The number of nitrogens with zero attached hydrogens (tertiary/aromatic N) is 3. The lowest BCUT2D eigenvalue weighted by Gasteiger charge is -2.07. The van der Waals surface area contributed by atoms with Crippen LogP contribution in [0.2, 0.25) is 0 Å². The molecule has 0 aliphatic heterocycles. The van der Waals surface area contributed by atoms with E-state index in [0.717, 1.165) is 3.57 Å². The first kappa shape index (κ1) is 16.4. The molecule has 7 nitrogen and oxygen atoms in total. The standard InChI is InChI=1S/C16H13IN4O3/c1-10-19-20-14-6-5-11(8-21(10)14)16(23)24-9-15(22)18-13-4-2-3-12(17)7-13/h2-8H,9H2,1H3,(H,18,22). The van der Waals surface area contributed by atoms with Crippen LogP contribution in [0, 0.1) is 10.5 Å². The molecule has 2 heterocycles. The first-order valence-corrected chi connectivity index (χ1v) is 8.15. The van der Waals surface area contributed by atoms with Gasteiger partial charge in [0.15, 0.2) is 12.3 Å². The van der Waals surface area contributed by atoms with Gasteiger partial charge in [-0.1, -0.05) is 6.07 Å². The number of ether oxygens (including phenoxy) is 1. The number of hydrogen-bond donors (Lipinski definition) is 1. The number of aryl methyl sites for hydroxylation is 1. The summed E-state index contributed by atoms with van der Waals surface area (Å²) in [5.41, 5.74) is 1.62. The highest BCUT2D eigenvalue weighted by atomic mass is 127. The van der Waals surface area contributed by atoms with E-state index in [0.29, 0.717) is 22.7 Å². The van der Waals surface area contributed by atoms with Gasteiger partial charge in [0.1, 0.15) is 5.82 Å². The lowest BCUT2D eigenvalue weighted by molar-refractivity contribution is -0.119. The van der Waals surface area contributed by atoms with Gasteiger partial charge in [0.25, 0.3) is 5.91 Å². The number of pyridine rings is 1. The van der Waals surface area contributed by atoms with Gasteiger partial charge in [-0.05, 0) is 59.8 Å². The first-order chi connectivity index (χ1) is 11.5. The molecule has 0 saturated carbocycles. The molecule has 3 rings (SSSR count). The lowest BCUT2D eigenvalue weighted by atomic mass is 10.3. The Morgan fingerprint density at radius 2 is 2.08 bits per heavy atom. The van der Waals surface area contributed by atoms with Gasteiger partial charge in [0.2, 0.25) is 0 Å². The van der Waals surface area contributed by atoms with Gasteiger partial charge in [0.05, 0.1) is 5.56 Å². The average Bonchev–Trinajstić information content (AvgIpc) is 2.93. The molecule has 1 aromatic carbocycles. The molecule has 0 unspecified atom stereocenters. The van der Waals surface area contributed by atoms with Crippen LogP contribution in [0.15, 0.2) is 42.6 Å². The van der Waals surface area contributed by atoms with Gasteiger partial charge >= 0.3 is 5.97 Å². The highest BCUT2D eigenvalue weighted by molar-refractivity contribution is 14.1. The highest BCUT2D eigenvalue weighted by Crippen LogP contribution is 2.12. The molecule has 0 aliphatic carbocycles. The summed E-state index contributed by atoms with van der Waals surface area (Å²) >= 11 is 2.15. The number of carbonyl (C=O) groups is 2. The number of aromatic nitrogens is 3. The number of rotatable bonds is 4. The number of amides is 1. The Hall–Kier alpha value is -2.49. The van der Waals surface area contributed by atoms with E-state index in [1.165, 1.54) is 0 Å². The van der Waals surface area contributed by atoms with Gasteiger partial charge in [0, 0.05) is 15.5 Å². The minimum atomic E-state index is -0.581. The Morgan fingerprint density at radius 1 is 1.25 bits per heavy atom. The molecule has 24 heavy (non-hydrogen) atoms. The molecule has 1 amide bonds. The van der Waals surface area contributed by atoms with Crippen molar-refractivity contribution >= 4 is 45.8 Å². The van der Waals surface area contributed by atoms with Crippen molar-refractivity contribution in [1.29, 1.82) is 0 Å². The van der Waals surface area contributed by atoms with Crippen molar-refractivity contribution < 1.29 is 14.3 Å². The van der Waals surface area contributed by atoms with Crippen LogP contribution in [0.25, 0.3) is 5.65 Å². The molecular weight excluding hydrogens is 423 g/mol. The van der Waals surface area contributed by atoms with Crippen molar-refractivity contribution in [3.05, 3.63) is 57.6 Å². The second-order valence-corrected chi connectivity index (χ2v) is 6.27. The maximum Gasteiger partial charge on any atom is 0.340 e. The van der Waals surface area contributed by atoms with E-state index in [9.17, 15) is 9.59 Å². The zero-order valence-electron chi connectivity index (χ0n) is 12.7. The van der Waals surface area contributed by atoms with E-state index >= 15 is 0 Å². The number of esters is 1. The fraction of sp³-hybridized carbons (Fsp3) is 0.125. The van der Waals surface area contributed by atoms with Gasteiger partial charge in [-0.25, -0.2) is 4.79 Å². The van der Waals surface area contributed by atoms with Crippen LogP contribution in [0.5, 0.6) is 0 Å². The van der Waals surface area contributed by atoms with E-state index in [4.69, 9.17) is 4.74 Å². The van der Waals surface area contributed by atoms with E-state index in [1.807, 2.05) is 18.2 Å². The number of anilines is 1. The summed E-state index contributed by atoms with van der Waals surface area (Å²) in [5.74, 6) is -0.314. The Bertz CT molecular complexity index is 923. The summed E-state index contributed by atoms with van der Waals surface area (Å²) in [5, 5.41) is 10.5. The van der Waals surface area contributed by atoms with Crippen molar-refractivity contribution in [2.24, 2.45) is 0 Å². The molecule has 8 heteroatoms. The summed E-state index contributed by atoms with van der Waals surface area (Å²) in [4.78, 5) is 23.9. The van der Waals surface area contributed by atoms with Gasteiger partial charge in [-0.15, -0.1) is 10.2 Å². The van der Waals surface area contributed by atoms with Crippen LogP contribution >= 0.6 is 22.6 Å². The van der Waals surface area contributed by atoms with Crippen molar-refractivity contribution in [3.63, 3.8) is 0 Å². The molecule has 1 N–H and O–H groups in total. The van der Waals surface area contributed by atoms with Crippen LogP contribution in [-0.2, 0) is 9.53 Å². The van der Waals surface area contributed by atoms with Crippen LogP contribution in [0.3, 0.4) is 0 Å². The molecule has 0 aliphatic rings. The maximum atomic E-state index is 12.1.